The predicted molar refractivity (Wildman–Crippen MR) is 72.0 cm³/mol. The fraction of sp³-hybridized carbons (Fsp3) is 0.929. The first-order valence-corrected chi connectivity index (χ1v) is 7.25. The van der Waals surface area contributed by atoms with Gasteiger partial charge in [0.05, 0.1) is 6.04 Å². The van der Waals surface area contributed by atoms with E-state index in [0.29, 0.717) is 11.8 Å². The highest BCUT2D eigenvalue weighted by Gasteiger charge is 2.27. The molecular formula is C14H28N2O. The molecule has 100 valence electrons. The zero-order valence-corrected chi connectivity index (χ0v) is 11.7. The van der Waals surface area contributed by atoms with Crippen LogP contribution in [-0.4, -0.2) is 36.5 Å². The predicted octanol–water partition coefficient (Wildman–Crippen LogP) is 2.41. The van der Waals surface area contributed by atoms with E-state index in [0.717, 1.165) is 26.1 Å². The van der Waals surface area contributed by atoms with Gasteiger partial charge in [-0.15, -0.1) is 0 Å². The molecule has 3 heteroatoms. The van der Waals surface area contributed by atoms with Crippen LogP contribution in [0.1, 0.15) is 52.9 Å². The molecule has 17 heavy (non-hydrogen) atoms. The highest BCUT2D eigenvalue weighted by Crippen LogP contribution is 2.16. The number of nitrogens with one attached hydrogen (secondary N) is 1. The van der Waals surface area contributed by atoms with Crippen molar-refractivity contribution in [2.75, 3.05) is 19.6 Å². The normalized spacial score (nSPS) is 22.9. The molecule has 1 heterocycles. The Morgan fingerprint density at radius 1 is 1.41 bits per heavy atom. The molecule has 1 aliphatic rings. The van der Waals surface area contributed by atoms with Gasteiger partial charge in [-0.25, -0.2) is 0 Å². The molecule has 0 aromatic rings. The van der Waals surface area contributed by atoms with Gasteiger partial charge in [-0.1, -0.05) is 40.0 Å². The Labute approximate surface area is 106 Å². The third-order valence-corrected chi connectivity index (χ3v) is 3.81. The zero-order chi connectivity index (χ0) is 12.7. The first kappa shape index (κ1) is 14.5. The Bertz CT molecular complexity index is 230. The van der Waals surface area contributed by atoms with E-state index in [9.17, 15) is 4.79 Å². The summed E-state index contributed by atoms with van der Waals surface area (Å²) in [5, 5.41) is 3.29. The topological polar surface area (TPSA) is 32.3 Å². The molecule has 0 aromatic carbocycles. The third-order valence-electron chi connectivity index (χ3n) is 3.81. The quantitative estimate of drug-likeness (QED) is 0.741. The number of unbranched alkanes of at least 4 members (excludes halogenated alkanes) is 1. The van der Waals surface area contributed by atoms with Gasteiger partial charge >= 0.3 is 0 Å². The Hall–Kier alpha value is -0.570. The Morgan fingerprint density at radius 3 is 2.76 bits per heavy atom. The van der Waals surface area contributed by atoms with Crippen molar-refractivity contribution >= 4 is 5.91 Å². The highest BCUT2D eigenvalue weighted by molar-refractivity contribution is 5.82. The minimum atomic E-state index is 0.0624. The highest BCUT2D eigenvalue weighted by atomic mass is 16.2. The average Bonchev–Trinajstić information content (AvgIpc) is 2.36. The first-order chi connectivity index (χ1) is 8.22. The number of nitrogens with zero attached hydrogens (tertiary/aromatic N) is 1. The first-order valence-electron chi connectivity index (χ1n) is 7.25. The molecule has 1 saturated heterocycles. The van der Waals surface area contributed by atoms with Crippen LogP contribution in [-0.2, 0) is 4.79 Å². The maximum Gasteiger partial charge on any atom is 0.239 e. The molecule has 0 aliphatic carbocycles. The molecule has 2 unspecified atom stereocenters. The third kappa shape index (κ3) is 4.30. The van der Waals surface area contributed by atoms with Gasteiger partial charge in [-0.3, -0.25) is 4.79 Å². The number of rotatable bonds is 7. The lowest BCUT2D eigenvalue weighted by Crippen LogP contribution is -2.55. The Balaban J connectivity index is 2.44. The molecule has 0 spiro atoms. The van der Waals surface area contributed by atoms with Gasteiger partial charge in [0.1, 0.15) is 0 Å². The lowest BCUT2D eigenvalue weighted by molar-refractivity contribution is -0.136. The molecule has 2 atom stereocenters. The van der Waals surface area contributed by atoms with Crippen LogP contribution in [0.25, 0.3) is 0 Å². The van der Waals surface area contributed by atoms with Crippen LogP contribution in [0.5, 0.6) is 0 Å². The second-order valence-corrected chi connectivity index (χ2v) is 5.12. The molecule has 1 rings (SSSR count). The lowest BCUT2D eigenvalue weighted by Gasteiger charge is -2.35. The molecule has 1 aliphatic heterocycles. The van der Waals surface area contributed by atoms with Crippen molar-refractivity contribution in [3.05, 3.63) is 0 Å². The van der Waals surface area contributed by atoms with Crippen molar-refractivity contribution in [3.8, 4) is 0 Å². The van der Waals surface area contributed by atoms with Gasteiger partial charge in [0.25, 0.3) is 0 Å². The second kappa shape index (κ2) is 7.70. The van der Waals surface area contributed by atoms with Crippen molar-refractivity contribution in [2.45, 2.75) is 58.9 Å². The van der Waals surface area contributed by atoms with Crippen molar-refractivity contribution in [1.29, 1.82) is 0 Å². The summed E-state index contributed by atoms with van der Waals surface area (Å²) >= 11 is 0. The van der Waals surface area contributed by atoms with Gasteiger partial charge in [0.15, 0.2) is 0 Å². The van der Waals surface area contributed by atoms with Crippen LogP contribution in [0.4, 0.5) is 0 Å². The van der Waals surface area contributed by atoms with Crippen LogP contribution in [0, 0.1) is 5.92 Å². The summed E-state index contributed by atoms with van der Waals surface area (Å²) in [5.41, 5.74) is 0. The molecule has 3 nitrogen and oxygen atoms in total. The van der Waals surface area contributed by atoms with Gasteiger partial charge in [-0.05, 0) is 18.8 Å². The maximum atomic E-state index is 12.1. The van der Waals surface area contributed by atoms with Gasteiger partial charge < -0.3 is 10.2 Å². The molecule has 1 fully saturated rings. The van der Waals surface area contributed by atoms with Gasteiger partial charge in [-0.2, -0.15) is 0 Å². The van der Waals surface area contributed by atoms with Crippen molar-refractivity contribution in [2.24, 2.45) is 5.92 Å². The number of piperazine rings is 1. The Kier molecular flexibility index (Phi) is 6.56. The summed E-state index contributed by atoms with van der Waals surface area (Å²) < 4.78 is 0. The summed E-state index contributed by atoms with van der Waals surface area (Å²) in [6, 6.07) is 0.0624. The fourth-order valence-electron chi connectivity index (χ4n) is 2.52. The van der Waals surface area contributed by atoms with Crippen molar-refractivity contribution < 1.29 is 4.79 Å². The van der Waals surface area contributed by atoms with Gasteiger partial charge in [0, 0.05) is 19.6 Å². The molecule has 1 N–H and O–H groups in total. The largest absolute Gasteiger partial charge is 0.340 e. The number of hydrogen-bond acceptors (Lipinski definition) is 2. The minimum absolute atomic E-state index is 0.0624. The van der Waals surface area contributed by atoms with E-state index in [1.807, 2.05) is 0 Å². The van der Waals surface area contributed by atoms with Crippen LogP contribution >= 0.6 is 0 Å². The van der Waals surface area contributed by atoms with E-state index in [2.05, 4.69) is 31.0 Å². The fourth-order valence-corrected chi connectivity index (χ4v) is 2.52. The lowest BCUT2D eigenvalue weighted by atomic mass is 9.98. The summed E-state index contributed by atoms with van der Waals surface area (Å²) in [6.45, 7) is 9.35. The molecule has 1 amide bonds. The molecule has 0 saturated carbocycles. The zero-order valence-electron chi connectivity index (χ0n) is 11.7. The monoisotopic (exact) mass is 240 g/mol. The summed E-state index contributed by atoms with van der Waals surface area (Å²) in [6.07, 6.45) is 5.90. The molecule has 0 radical (unpaired) electrons. The SMILES string of the molecule is CCCCC(CC)CN1CCNC(CC)C1=O. The molecule has 0 bridgehead atoms. The summed E-state index contributed by atoms with van der Waals surface area (Å²) in [4.78, 5) is 14.2. The molecule has 0 aromatic heterocycles. The maximum absolute atomic E-state index is 12.1. The van der Waals surface area contributed by atoms with E-state index in [1.54, 1.807) is 0 Å². The number of hydrogen-bond donors (Lipinski definition) is 1. The number of carbonyl (C=O) groups excluding carboxylic acids is 1. The van der Waals surface area contributed by atoms with Crippen LogP contribution in [0.15, 0.2) is 0 Å². The van der Waals surface area contributed by atoms with Crippen molar-refractivity contribution in [3.63, 3.8) is 0 Å². The standard InChI is InChI=1S/C14H28N2O/c1-4-7-8-12(5-2)11-16-10-9-15-13(6-3)14(16)17/h12-13,15H,4-11H2,1-3H3. The van der Waals surface area contributed by atoms with E-state index in [-0.39, 0.29) is 6.04 Å². The van der Waals surface area contributed by atoms with E-state index < -0.39 is 0 Å². The van der Waals surface area contributed by atoms with E-state index >= 15 is 0 Å². The summed E-state index contributed by atoms with van der Waals surface area (Å²) in [7, 11) is 0. The van der Waals surface area contributed by atoms with Gasteiger partial charge in [0.2, 0.25) is 5.91 Å². The van der Waals surface area contributed by atoms with Crippen LogP contribution in [0.3, 0.4) is 0 Å². The van der Waals surface area contributed by atoms with Crippen LogP contribution in [0.2, 0.25) is 0 Å². The number of carbonyl (C=O) groups is 1. The average molecular weight is 240 g/mol. The van der Waals surface area contributed by atoms with Crippen LogP contribution < -0.4 is 5.32 Å². The molecular weight excluding hydrogens is 212 g/mol. The van der Waals surface area contributed by atoms with Crippen molar-refractivity contribution in [1.82, 2.24) is 10.2 Å². The number of amides is 1. The second-order valence-electron chi connectivity index (χ2n) is 5.12. The summed E-state index contributed by atoms with van der Waals surface area (Å²) in [5.74, 6) is 1.00. The van der Waals surface area contributed by atoms with E-state index in [1.165, 1.54) is 25.7 Å². The Morgan fingerprint density at radius 2 is 2.18 bits per heavy atom. The smallest absolute Gasteiger partial charge is 0.239 e. The minimum Gasteiger partial charge on any atom is -0.340 e. The van der Waals surface area contributed by atoms with E-state index in [4.69, 9.17) is 0 Å².